The van der Waals surface area contributed by atoms with E-state index in [0.29, 0.717) is 75.9 Å². The Hall–Kier alpha value is -10.3. The number of carboxylic acid groups (broad SMARTS) is 2. The Bertz CT molecular complexity index is 6620. The van der Waals surface area contributed by atoms with E-state index < -0.39 is 101 Å². The van der Waals surface area contributed by atoms with Gasteiger partial charge >= 0.3 is 11.9 Å². The van der Waals surface area contributed by atoms with E-state index >= 15 is 0 Å². The monoisotopic (exact) mass is 2180 g/mol. The van der Waals surface area contributed by atoms with Gasteiger partial charge in [0.15, 0.2) is 21.3 Å². The summed E-state index contributed by atoms with van der Waals surface area (Å²) in [4.78, 5) is 22.4. The molecule has 0 saturated carbocycles. The molecule has 4 aliphatic heterocycles. The summed E-state index contributed by atoms with van der Waals surface area (Å²) in [6.07, 6.45) is 7.13. The van der Waals surface area contributed by atoms with Gasteiger partial charge in [-0.2, -0.15) is 12.9 Å². The van der Waals surface area contributed by atoms with E-state index in [4.69, 9.17) is 60.8 Å². The molecule has 2 atom stereocenters. The van der Waals surface area contributed by atoms with Gasteiger partial charge in [-0.05, 0) is 263 Å². The molecule has 4 heterocycles. The maximum absolute atomic E-state index is 13.0. The molecule has 0 bridgehead atoms. The van der Waals surface area contributed by atoms with E-state index in [9.17, 15) is 77.3 Å². The summed E-state index contributed by atoms with van der Waals surface area (Å²) in [5, 5.41) is 44.3. The number of nitrogens with zero attached hydrogens (tertiary/aromatic N) is 3. The molecule has 146 heavy (non-hydrogen) atoms. The van der Waals surface area contributed by atoms with Gasteiger partial charge in [0.05, 0.1) is 106 Å². The second-order valence-corrected chi connectivity index (χ2v) is 48.7. The standard InChI is InChI=1S/2C13H19NO3S.C12H17NO3S.C11H13F2NO2S.C11H17NO4S.C10H14O3.C9H12O2S.C9H10O2.C8H7ClO2.C8H11NO2S/c1-11-2-4-13(5-3-11)18(16,17)14-8-6-12(10-15)7-9-14;1-11-4-6-13(7-5-11)18(16,17)14-8-2-3-12(9-14)10-15;1-10-4-6-12(7-5-10)17(14,15)13-9-11-3-2-8-16-11;1-9-2-4-10(5-3-9)17(15,16)14-7-6-11(12,13)8-14;1-10-2-4-11(5-3-10)17(14,15)12-6-8-16-9-7-13;1-7-5-8(11-2)10(13-4)9(6-7)12-3;1-8-5-3-4-6-9(8)7-12(2,10)11;1-6-4-3-5-8(7(6)2)9(10)11;1-5-2-3-7(9)6(4-5)8(10)11;1-7-4-3-5-8(6-7)9-12(2,10)11/h2-5,12,15H,6-10H2,1H3;4-7,12,15H,2-3,8-10H2,1H3;4-7,11,13H,2-3,8-9H2,1H3;2-5H,6-8H2,1H3;2-5,12-13H,6-9H2,1H3;5-6H,1-4H3;3-6H,7H2,1-2H3;3-5H,1-2H3,(H,10,11);2-4H,1H3,(H,10,11);3-6,9H,1-2H3. The predicted molar refractivity (Wildman–Crippen MR) is 565 cm³/mol. The molecular weight excluding hydrogens is 2050 g/mol. The van der Waals surface area contributed by atoms with E-state index in [1.165, 1.54) is 27.0 Å². The highest BCUT2D eigenvalue weighted by Crippen LogP contribution is 2.38. The van der Waals surface area contributed by atoms with Crippen molar-refractivity contribution in [1.29, 1.82) is 0 Å². The molecule has 4 aliphatic rings. The maximum atomic E-state index is 13.0. The van der Waals surface area contributed by atoms with Crippen molar-refractivity contribution in [1.82, 2.24) is 22.4 Å². The summed E-state index contributed by atoms with van der Waals surface area (Å²) < 4.78 is 228. The second kappa shape index (κ2) is 60.4. The molecule has 42 heteroatoms. The Morgan fingerprint density at radius 3 is 1.32 bits per heavy atom. The molecule has 0 aliphatic carbocycles. The lowest BCUT2D eigenvalue weighted by Crippen LogP contribution is -2.40. The average Bonchev–Trinajstić information content (AvgIpc) is 1.59. The molecule has 0 amide bonds. The number of anilines is 1. The molecule has 0 spiro atoms. The number of aryl methyl sites for hydroxylation is 10. The number of methoxy groups -OCH3 is 3. The summed E-state index contributed by atoms with van der Waals surface area (Å²) in [5.74, 6) is -2.27. The molecule has 4 fully saturated rings. The van der Waals surface area contributed by atoms with Crippen LogP contribution in [0.3, 0.4) is 0 Å². The third-order valence-electron chi connectivity index (χ3n) is 22.6. The molecule has 0 aromatic heterocycles. The number of sulfone groups is 1. The van der Waals surface area contributed by atoms with Gasteiger partial charge in [-0.25, -0.2) is 86.7 Å². The minimum absolute atomic E-state index is 0.0234. The topological polar surface area (TPSA) is 466 Å². The minimum Gasteiger partial charge on any atom is -0.493 e. The number of piperidine rings is 2. The van der Waals surface area contributed by atoms with Crippen LogP contribution in [0.15, 0.2) is 243 Å². The molecule has 10 aromatic rings. The predicted octanol–water partition coefficient (Wildman–Crippen LogP) is 15.8. The molecule has 8 N–H and O–H groups in total. The van der Waals surface area contributed by atoms with Gasteiger partial charge in [-0.3, -0.25) is 4.72 Å². The van der Waals surface area contributed by atoms with Crippen LogP contribution in [0, 0.1) is 88.0 Å². The van der Waals surface area contributed by atoms with Crippen LogP contribution in [-0.4, -0.2) is 247 Å². The fourth-order valence-corrected chi connectivity index (χ4v) is 22.4. The SMILES string of the molecule is COc1cc(C)cc(OC)c1OC.Cc1ccc(Cl)c(C(=O)O)c1.Cc1ccc(S(=O)(=O)N2CCC(CO)CC2)cc1.Cc1ccc(S(=O)(=O)N2CCC(F)(F)C2)cc1.Cc1ccc(S(=O)(=O)N2CCCC(CO)C2)cc1.Cc1ccc(S(=O)(=O)NCC2CCCO2)cc1.Cc1ccc(S(=O)(=O)NCCOCCO)cc1.Cc1cccc(C(=O)O)c1C.Cc1cccc(NS(C)(=O)=O)c1.Cc1ccccc1CS(C)(=O)=O. The lowest BCUT2D eigenvalue weighted by Gasteiger charge is -2.30. The minimum atomic E-state index is -3.77. The number of carbonyl (C=O) groups is 2. The van der Waals surface area contributed by atoms with Crippen LogP contribution in [0.25, 0.3) is 0 Å². The van der Waals surface area contributed by atoms with Crippen LogP contribution < -0.4 is 28.4 Å². The number of carboxylic acids is 2. The van der Waals surface area contributed by atoms with E-state index in [1.54, 1.807) is 161 Å². The Morgan fingerprint density at radius 2 is 0.904 bits per heavy atom. The summed E-state index contributed by atoms with van der Waals surface area (Å²) in [6.45, 7) is 23.9. The van der Waals surface area contributed by atoms with Gasteiger partial charge in [-0.1, -0.05) is 160 Å². The van der Waals surface area contributed by atoms with Crippen molar-refractivity contribution >= 4 is 99.2 Å². The first-order valence-corrected chi connectivity index (χ1v) is 58.1. The van der Waals surface area contributed by atoms with Crippen LogP contribution >= 0.6 is 11.6 Å². The molecule has 2 unspecified atom stereocenters. The number of alkyl halides is 2. The molecule has 14 rings (SSSR count). The molecule has 0 radical (unpaired) electrons. The number of ether oxygens (including phenoxy) is 5. The van der Waals surface area contributed by atoms with Crippen molar-refractivity contribution in [3.05, 3.63) is 301 Å². The third kappa shape index (κ3) is 43.9. The first kappa shape index (κ1) is 126. The van der Waals surface area contributed by atoms with Crippen LogP contribution in [0.1, 0.15) is 132 Å². The molecule has 10 aromatic carbocycles. The van der Waals surface area contributed by atoms with Crippen LogP contribution in [0.2, 0.25) is 5.02 Å². The molecular formula is C104H139ClF2N6O26S7. The van der Waals surface area contributed by atoms with Gasteiger partial charge in [0, 0.05) is 84.0 Å². The average molecular weight is 2190 g/mol. The van der Waals surface area contributed by atoms with E-state index in [-0.39, 0.29) is 90.2 Å². The summed E-state index contributed by atoms with van der Waals surface area (Å²) in [6, 6.07) is 62.2. The molecule has 804 valence electrons. The number of sulfonamides is 6. The van der Waals surface area contributed by atoms with Crippen molar-refractivity contribution in [2.45, 2.75) is 163 Å². The fourth-order valence-electron chi connectivity index (χ4n) is 14.2. The van der Waals surface area contributed by atoms with Crippen molar-refractivity contribution in [2.75, 3.05) is 131 Å². The highest BCUT2D eigenvalue weighted by molar-refractivity contribution is 7.92. The summed E-state index contributed by atoms with van der Waals surface area (Å²) in [7, 11) is -18.6. The summed E-state index contributed by atoms with van der Waals surface area (Å²) >= 11 is 5.61. The van der Waals surface area contributed by atoms with Crippen molar-refractivity contribution < 1.29 is 127 Å². The number of benzene rings is 10. The first-order chi connectivity index (χ1) is 68.4. The van der Waals surface area contributed by atoms with Crippen molar-refractivity contribution in [3.8, 4) is 17.2 Å². The number of hydrogen-bond acceptors (Lipinski definition) is 24. The van der Waals surface area contributed by atoms with E-state index in [0.717, 1.165) is 122 Å². The van der Waals surface area contributed by atoms with Gasteiger partial charge in [-0.15, -0.1) is 0 Å². The first-order valence-electron chi connectivity index (χ1n) is 46.5. The smallest absolute Gasteiger partial charge is 0.337 e. The van der Waals surface area contributed by atoms with Gasteiger partial charge in [0.25, 0.3) is 5.92 Å². The quantitative estimate of drug-likeness (QED) is 0.0211. The van der Waals surface area contributed by atoms with Crippen LogP contribution in [0.5, 0.6) is 17.2 Å². The fraction of sp³-hybridized carbons (Fsp3) is 0.404. The number of aliphatic hydroxyl groups is 3. The Kier molecular flexibility index (Phi) is 52.2. The highest BCUT2D eigenvalue weighted by Gasteiger charge is 2.44. The zero-order valence-electron chi connectivity index (χ0n) is 85.2. The largest absolute Gasteiger partial charge is 0.493 e. The Balaban J connectivity index is 0.000000287. The van der Waals surface area contributed by atoms with Gasteiger partial charge in [0.2, 0.25) is 65.9 Å². The lowest BCUT2D eigenvalue weighted by molar-refractivity contribution is 0.0183. The number of rotatable bonds is 28. The zero-order valence-corrected chi connectivity index (χ0v) is 91.7. The number of halogens is 3. The Labute approximate surface area is 866 Å². The van der Waals surface area contributed by atoms with Crippen molar-refractivity contribution in [2.24, 2.45) is 11.8 Å². The normalized spacial score (nSPS) is 15.4. The molecule has 4 saturated heterocycles. The van der Waals surface area contributed by atoms with Gasteiger partial charge in [0.1, 0.15) is 0 Å². The second-order valence-electron chi connectivity index (χ2n) is 35.1. The highest BCUT2D eigenvalue weighted by atomic mass is 35.5. The van der Waals surface area contributed by atoms with E-state index in [1.807, 2.05) is 143 Å². The number of nitrogens with one attached hydrogen (secondary N) is 3. The third-order valence-corrected chi connectivity index (χ3v) is 33.0. The van der Waals surface area contributed by atoms with Crippen LogP contribution in [0.4, 0.5) is 14.5 Å². The van der Waals surface area contributed by atoms with E-state index in [2.05, 4.69) is 14.2 Å². The number of aliphatic hydroxyl groups excluding tert-OH is 3. The number of aromatic carboxylic acids is 2. The molecule has 32 nitrogen and oxygen atoms in total. The van der Waals surface area contributed by atoms with Crippen molar-refractivity contribution in [3.63, 3.8) is 0 Å². The maximum Gasteiger partial charge on any atom is 0.337 e. The van der Waals surface area contributed by atoms with Crippen LogP contribution in [-0.2, 0) is 85.2 Å². The lowest BCUT2D eigenvalue weighted by atomic mass is 10.00. The number of hydrogen-bond donors (Lipinski definition) is 8. The zero-order chi connectivity index (χ0) is 109. The summed E-state index contributed by atoms with van der Waals surface area (Å²) in [5.41, 5.74) is 13.0. The van der Waals surface area contributed by atoms with Gasteiger partial charge < -0.3 is 49.2 Å². The Morgan fingerprint density at radius 1 is 0.452 bits per heavy atom.